The van der Waals surface area contributed by atoms with E-state index in [0.29, 0.717) is 18.7 Å². The van der Waals surface area contributed by atoms with Crippen molar-refractivity contribution in [1.82, 2.24) is 4.90 Å². The van der Waals surface area contributed by atoms with Gasteiger partial charge in [-0.1, -0.05) is 6.92 Å². The van der Waals surface area contributed by atoms with Crippen molar-refractivity contribution in [3.8, 4) is 0 Å². The summed E-state index contributed by atoms with van der Waals surface area (Å²) in [6, 6.07) is -0.764. The third-order valence-corrected chi connectivity index (χ3v) is 3.41. The molecule has 0 spiro atoms. The van der Waals surface area contributed by atoms with Crippen LogP contribution in [0.2, 0.25) is 0 Å². The van der Waals surface area contributed by atoms with Crippen molar-refractivity contribution in [3.05, 3.63) is 0 Å². The van der Waals surface area contributed by atoms with Gasteiger partial charge in [0.25, 0.3) is 0 Å². The SMILES string of the molecule is CO[C@H]1C[C@@H](C(=O)O)N(C(=O)C(C)CS)C1. The zero-order chi connectivity index (χ0) is 12.3. The lowest BCUT2D eigenvalue weighted by Gasteiger charge is -2.23. The first-order valence-electron chi connectivity index (χ1n) is 5.18. The normalized spacial score (nSPS) is 26.8. The molecule has 0 radical (unpaired) electrons. The number of rotatable bonds is 4. The van der Waals surface area contributed by atoms with E-state index in [1.807, 2.05) is 0 Å². The van der Waals surface area contributed by atoms with Gasteiger partial charge in [0.15, 0.2) is 0 Å². The molecule has 92 valence electrons. The molecule has 1 saturated heterocycles. The van der Waals surface area contributed by atoms with Crippen LogP contribution in [0.1, 0.15) is 13.3 Å². The maximum atomic E-state index is 11.9. The van der Waals surface area contributed by atoms with Crippen LogP contribution in [0.15, 0.2) is 0 Å². The number of methoxy groups -OCH3 is 1. The molecule has 1 rings (SSSR count). The summed E-state index contributed by atoms with van der Waals surface area (Å²) in [6.07, 6.45) is 0.175. The van der Waals surface area contributed by atoms with Gasteiger partial charge < -0.3 is 14.7 Å². The third kappa shape index (κ3) is 2.68. The molecule has 16 heavy (non-hydrogen) atoms. The maximum absolute atomic E-state index is 11.9. The Bertz CT molecular complexity index is 284. The molecule has 1 aliphatic rings. The fraction of sp³-hybridized carbons (Fsp3) is 0.800. The Labute approximate surface area is 100 Å². The number of carbonyl (C=O) groups excluding carboxylic acids is 1. The molecule has 1 amide bonds. The zero-order valence-corrected chi connectivity index (χ0v) is 10.3. The minimum absolute atomic E-state index is 0.165. The molecule has 0 bridgehead atoms. The van der Waals surface area contributed by atoms with Crippen LogP contribution in [0.4, 0.5) is 0 Å². The Balaban J connectivity index is 2.76. The molecule has 1 heterocycles. The number of nitrogens with zero attached hydrogens (tertiary/aromatic N) is 1. The van der Waals surface area contributed by atoms with Crippen molar-refractivity contribution in [2.75, 3.05) is 19.4 Å². The number of ether oxygens (including phenoxy) is 1. The molecular formula is C10H17NO4S. The highest BCUT2D eigenvalue weighted by Gasteiger charge is 2.40. The van der Waals surface area contributed by atoms with Crippen molar-refractivity contribution in [2.24, 2.45) is 5.92 Å². The molecule has 1 aliphatic heterocycles. The first-order chi connectivity index (χ1) is 7.51. The van der Waals surface area contributed by atoms with Gasteiger partial charge in [-0.05, 0) is 0 Å². The molecule has 1 fully saturated rings. The number of hydrogen-bond acceptors (Lipinski definition) is 4. The van der Waals surface area contributed by atoms with Crippen LogP contribution < -0.4 is 0 Å². The number of hydrogen-bond donors (Lipinski definition) is 2. The van der Waals surface area contributed by atoms with Crippen LogP contribution >= 0.6 is 12.6 Å². The van der Waals surface area contributed by atoms with Crippen LogP contribution in [0.5, 0.6) is 0 Å². The van der Waals surface area contributed by atoms with Gasteiger partial charge in [-0.2, -0.15) is 12.6 Å². The van der Waals surface area contributed by atoms with E-state index in [1.54, 1.807) is 6.92 Å². The number of carbonyl (C=O) groups is 2. The van der Waals surface area contributed by atoms with Gasteiger partial charge in [0, 0.05) is 31.7 Å². The number of amides is 1. The molecule has 6 heteroatoms. The predicted octanol–water partition coefficient (Wildman–Crippen LogP) is 0.253. The first kappa shape index (κ1) is 13.3. The zero-order valence-electron chi connectivity index (χ0n) is 9.42. The number of thiol groups is 1. The van der Waals surface area contributed by atoms with E-state index in [2.05, 4.69) is 12.6 Å². The monoisotopic (exact) mass is 247 g/mol. The average Bonchev–Trinajstić information content (AvgIpc) is 2.71. The van der Waals surface area contributed by atoms with Crippen molar-refractivity contribution in [1.29, 1.82) is 0 Å². The Morgan fingerprint density at radius 1 is 1.62 bits per heavy atom. The fourth-order valence-corrected chi connectivity index (χ4v) is 1.96. The van der Waals surface area contributed by atoms with Crippen LogP contribution in [-0.2, 0) is 14.3 Å². The molecule has 0 saturated carbocycles. The highest BCUT2D eigenvalue weighted by atomic mass is 32.1. The van der Waals surface area contributed by atoms with Crippen LogP contribution in [-0.4, -0.2) is 53.4 Å². The number of aliphatic carboxylic acids is 1. The lowest BCUT2D eigenvalue weighted by atomic mass is 10.1. The Morgan fingerprint density at radius 2 is 2.25 bits per heavy atom. The molecule has 0 aliphatic carbocycles. The molecule has 5 nitrogen and oxygen atoms in total. The maximum Gasteiger partial charge on any atom is 0.326 e. The quantitative estimate of drug-likeness (QED) is 0.699. The first-order valence-corrected chi connectivity index (χ1v) is 5.81. The van der Waals surface area contributed by atoms with E-state index in [1.165, 1.54) is 12.0 Å². The summed E-state index contributed by atoms with van der Waals surface area (Å²) < 4.78 is 5.11. The average molecular weight is 247 g/mol. The summed E-state index contributed by atoms with van der Waals surface area (Å²) in [7, 11) is 1.53. The Morgan fingerprint density at radius 3 is 2.69 bits per heavy atom. The summed E-state index contributed by atoms with van der Waals surface area (Å²) >= 11 is 4.05. The number of carboxylic acids is 1. The van der Waals surface area contributed by atoms with E-state index in [9.17, 15) is 9.59 Å². The van der Waals surface area contributed by atoms with Crippen LogP contribution in [0, 0.1) is 5.92 Å². The van der Waals surface area contributed by atoms with Gasteiger partial charge in [0.1, 0.15) is 6.04 Å². The third-order valence-electron chi connectivity index (χ3n) is 2.86. The Kier molecular flexibility index (Phi) is 4.61. The summed E-state index contributed by atoms with van der Waals surface area (Å²) in [5.41, 5.74) is 0. The van der Waals surface area contributed by atoms with Gasteiger partial charge in [-0.25, -0.2) is 4.79 Å². The van der Waals surface area contributed by atoms with Gasteiger partial charge >= 0.3 is 5.97 Å². The van der Waals surface area contributed by atoms with E-state index in [-0.39, 0.29) is 17.9 Å². The fourth-order valence-electron chi connectivity index (χ4n) is 1.81. The lowest BCUT2D eigenvalue weighted by Crippen LogP contribution is -2.43. The summed E-state index contributed by atoms with van der Waals surface area (Å²) in [4.78, 5) is 24.3. The van der Waals surface area contributed by atoms with Crippen LogP contribution in [0.25, 0.3) is 0 Å². The van der Waals surface area contributed by atoms with Gasteiger partial charge in [-0.3, -0.25) is 4.79 Å². The standard InChI is InChI=1S/C10H17NO4S/c1-6(5-16)9(12)11-4-7(15-2)3-8(11)10(13)14/h6-8,16H,3-5H2,1-2H3,(H,13,14)/t6?,7-,8-/m0/s1. The number of carboxylic acid groups (broad SMARTS) is 1. The van der Waals surface area contributed by atoms with Gasteiger partial charge in [0.2, 0.25) is 5.91 Å². The number of likely N-dealkylation sites (tertiary alicyclic amines) is 1. The van der Waals surface area contributed by atoms with E-state index >= 15 is 0 Å². The lowest BCUT2D eigenvalue weighted by molar-refractivity contribution is -0.149. The highest BCUT2D eigenvalue weighted by molar-refractivity contribution is 7.80. The molecule has 0 aromatic carbocycles. The second-order valence-electron chi connectivity index (χ2n) is 4.02. The summed E-state index contributed by atoms with van der Waals surface area (Å²) in [5, 5.41) is 9.03. The smallest absolute Gasteiger partial charge is 0.326 e. The molecule has 3 atom stereocenters. The molecule has 0 aromatic heterocycles. The predicted molar refractivity (Wildman–Crippen MR) is 61.6 cm³/mol. The minimum Gasteiger partial charge on any atom is -0.480 e. The molecule has 1 N–H and O–H groups in total. The molecular weight excluding hydrogens is 230 g/mol. The summed E-state index contributed by atoms with van der Waals surface area (Å²) in [6.45, 7) is 2.10. The molecule has 0 aromatic rings. The van der Waals surface area contributed by atoms with E-state index < -0.39 is 12.0 Å². The van der Waals surface area contributed by atoms with Crippen LogP contribution in [0.3, 0.4) is 0 Å². The largest absolute Gasteiger partial charge is 0.480 e. The van der Waals surface area contributed by atoms with E-state index in [0.717, 1.165) is 0 Å². The second kappa shape index (κ2) is 5.54. The minimum atomic E-state index is -0.973. The van der Waals surface area contributed by atoms with Gasteiger partial charge in [0.05, 0.1) is 6.10 Å². The van der Waals surface area contributed by atoms with Gasteiger partial charge in [-0.15, -0.1) is 0 Å². The second-order valence-corrected chi connectivity index (χ2v) is 4.39. The summed E-state index contributed by atoms with van der Waals surface area (Å²) in [5.74, 6) is -0.985. The van der Waals surface area contributed by atoms with Crippen molar-refractivity contribution >= 4 is 24.5 Å². The van der Waals surface area contributed by atoms with Crippen molar-refractivity contribution in [2.45, 2.75) is 25.5 Å². The Hall–Kier alpha value is -0.750. The van der Waals surface area contributed by atoms with Crippen molar-refractivity contribution < 1.29 is 19.4 Å². The highest BCUT2D eigenvalue weighted by Crippen LogP contribution is 2.22. The van der Waals surface area contributed by atoms with Crippen molar-refractivity contribution in [3.63, 3.8) is 0 Å². The molecule has 1 unspecified atom stereocenters. The topological polar surface area (TPSA) is 66.8 Å². The van der Waals surface area contributed by atoms with E-state index in [4.69, 9.17) is 9.84 Å².